The fourth-order valence-corrected chi connectivity index (χ4v) is 1.63. The van der Waals surface area contributed by atoms with Gasteiger partial charge in [0.25, 0.3) is 0 Å². The third-order valence-electron chi connectivity index (χ3n) is 2.66. The molecule has 0 aromatic carbocycles. The molecule has 88 valence electrons. The largest absolute Gasteiger partial charge is 0.363 e. The number of hydrogen-bond acceptors (Lipinski definition) is 4. The van der Waals surface area contributed by atoms with Crippen LogP contribution in [0, 0.1) is 0 Å². The van der Waals surface area contributed by atoms with Crippen LogP contribution >= 0.6 is 0 Å². The van der Waals surface area contributed by atoms with E-state index in [9.17, 15) is 0 Å². The van der Waals surface area contributed by atoms with Gasteiger partial charge in [-0.05, 0) is 31.0 Å². The Morgan fingerprint density at radius 2 is 2.00 bits per heavy atom. The van der Waals surface area contributed by atoms with Crippen LogP contribution in [0.5, 0.6) is 0 Å². The van der Waals surface area contributed by atoms with Crippen molar-refractivity contribution in [1.29, 1.82) is 0 Å². The minimum absolute atomic E-state index is 0.206. The molecule has 1 atom stereocenters. The molecule has 0 aliphatic heterocycles. The number of rotatable bonds is 4. The van der Waals surface area contributed by atoms with Crippen LogP contribution in [0.1, 0.15) is 31.1 Å². The maximum absolute atomic E-state index is 4.21. The van der Waals surface area contributed by atoms with E-state index in [1.807, 2.05) is 18.2 Å². The van der Waals surface area contributed by atoms with Gasteiger partial charge in [0.15, 0.2) is 0 Å². The summed E-state index contributed by atoms with van der Waals surface area (Å²) in [6.45, 7) is 4.18. The predicted molar refractivity (Wildman–Crippen MR) is 67.7 cm³/mol. The zero-order valence-electron chi connectivity index (χ0n) is 10.1. The van der Waals surface area contributed by atoms with Crippen molar-refractivity contribution in [2.45, 2.75) is 26.3 Å². The molecule has 0 aliphatic rings. The predicted octanol–water partition coefficient (Wildman–Crippen LogP) is 2.61. The lowest BCUT2D eigenvalue weighted by Crippen LogP contribution is -2.08. The second-order valence-corrected chi connectivity index (χ2v) is 3.89. The highest BCUT2D eigenvalue weighted by atomic mass is 15.0. The summed E-state index contributed by atoms with van der Waals surface area (Å²) in [5.41, 5.74) is 2.24. The van der Waals surface area contributed by atoms with Gasteiger partial charge in [-0.25, -0.2) is 9.97 Å². The summed E-state index contributed by atoms with van der Waals surface area (Å²) in [5.74, 6) is 0.862. The van der Waals surface area contributed by atoms with Gasteiger partial charge in [-0.2, -0.15) is 0 Å². The van der Waals surface area contributed by atoms with Crippen LogP contribution in [0.4, 0.5) is 5.82 Å². The number of aryl methyl sites for hydroxylation is 1. The molecule has 1 N–H and O–H groups in total. The van der Waals surface area contributed by atoms with E-state index in [0.29, 0.717) is 0 Å². The van der Waals surface area contributed by atoms with Gasteiger partial charge >= 0.3 is 0 Å². The third kappa shape index (κ3) is 3.00. The molecule has 0 radical (unpaired) electrons. The van der Waals surface area contributed by atoms with E-state index in [0.717, 1.165) is 17.9 Å². The van der Waals surface area contributed by atoms with Gasteiger partial charge in [0.1, 0.15) is 12.1 Å². The highest BCUT2D eigenvalue weighted by Gasteiger charge is 2.05. The van der Waals surface area contributed by atoms with Crippen molar-refractivity contribution in [2.24, 2.45) is 0 Å². The normalized spacial score (nSPS) is 12.1. The van der Waals surface area contributed by atoms with Gasteiger partial charge < -0.3 is 5.32 Å². The van der Waals surface area contributed by atoms with E-state index >= 15 is 0 Å². The smallest absolute Gasteiger partial charge is 0.130 e. The second kappa shape index (κ2) is 5.39. The van der Waals surface area contributed by atoms with Crippen LogP contribution in [0.3, 0.4) is 0 Å². The average Bonchev–Trinajstić information content (AvgIpc) is 2.40. The highest BCUT2D eigenvalue weighted by molar-refractivity contribution is 5.38. The van der Waals surface area contributed by atoms with Crippen molar-refractivity contribution < 1.29 is 0 Å². The van der Waals surface area contributed by atoms with E-state index in [2.05, 4.69) is 34.1 Å². The molecule has 0 fully saturated rings. The quantitative estimate of drug-likeness (QED) is 0.874. The van der Waals surface area contributed by atoms with Crippen molar-refractivity contribution in [3.05, 3.63) is 48.2 Å². The first-order chi connectivity index (χ1) is 8.29. The Hall–Kier alpha value is -1.97. The topological polar surface area (TPSA) is 50.7 Å². The van der Waals surface area contributed by atoms with Gasteiger partial charge in [-0.3, -0.25) is 4.98 Å². The fraction of sp³-hybridized carbons (Fsp3) is 0.308. The van der Waals surface area contributed by atoms with Crippen LogP contribution < -0.4 is 5.32 Å². The Morgan fingerprint density at radius 1 is 1.24 bits per heavy atom. The molecular formula is C13H16N4. The fourth-order valence-electron chi connectivity index (χ4n) is 1.63. The van der Waals surface area contributed by atoms with E-state index in [1.165, 1.54) is 5.56 Å². The Balaban J connectivity index is 2.10. The summed E-state index contributed by atoms with van der Waals surface area (Å²) >= 11 is 0. The Bertz CT molecular complexity index is 470. The van der Waals surface area contributed by atoms with Crippen molar-refractivity contribution in [1.82, 2.24) is 15.0 Å². The third-order valence-corrected chi connectivity index (χ3v) is 2.66. The summed E-state index contributed by atoms with van der Waals surface area (Å²) in [7, 11) is 0. The molecule has 17 heavy (non-hydrogen) atoms. The summed E-state index contributed by atoms with van der Waals surface area (Å²) < 4.78 is 0. The minimum Gasteiger partial charge on any atom is -0.363 e. The lowest BCUT2D eigenvalue weighted by Gasteiger charge is -2.14. The number of anilines is 1. The summed E-state index contributed by atoms with van der Waals surface area (Å²) in [4.78, 5) is 12.4. The number of aromatic nitrogens is 3. The van der Waals surface area contributed by atoms with Gasteiger partial charge in [0.2, 0.25) is 0 Å². The highest BCUT2D eigenvalue weighted by Crippen LogP contribution is 2.16. The van der Waals surface area contributed by atoms with Gasteiger partial charge in [0.05, 0.1) is 6.04 Å². The van der Waals surface area contributed by atoms with Gasteiger partial charge in [-0.15, -0.1) is 0 Å². The van der Waals surface area contributed by atoms with Crippen molar-refractivity contribution in [2.75, 3.05) is 5.32 Å². The minimum atomic E-state index is 0.206. The molecule has 4 heteroatoms. The molecule has 0 aliphatic carbocycles. The molecule has 0 saturated carbocycles. The maximum atomic E-state index is 4.21. The van der Waals surface area contributed by atoms with Crippen LogP contribution in [-0.2, 0) is 6.42 Å². The molecule has 0 saturated heterocycles. The van der Waals surface area contributed by atoms with Crippen molar-refractivity contribution in [3.63, 3.8) is 0 Å². The van der Waals surface area contributed by atoms with Gasteiger partial charge in [-0.1, -0.05) is 6.92 Å². The SMILES string of the molecule is CCc1cc(NC(C)c2ccncc2)ncn1. The molecule has 0 spiro atoms. The zero-order chi connectivity index (χ0) is 12.1. The molecule has 0 bridgehead atoms. The molecular weight excluding hydrogens is 212 g/mol. The molecule has 1 unspecified atom stereocenters. The molecule has 2 rings (SSSR count). The molecule has 2 aromatic rings. The average molecular weight is 228 g/mol. The van der Waals surface area contributed by atoms with Crippen LogP contribution in [0.2, 0.25) is 0 Å². The first-order valence-electron chi connectivity index (χ1n) is 5.77. The Labute approximate surface area is 101 Å². The first-order valence-corrected chi connectivity index (χ1v) is 5.77. The van der Waals surface area contributed by atoms with Crippen molar-refractivity contribution >= 4 is 5.82 Å². The summed E-state index contributed by atoms with van der Waals surface area (Å²) in [6, 6.07) is 6.19. The molecule has 2 aromatic heterocycles. The number of hydrogen-bond donors (Lipinski definition) is 1. The Kier molecular flexibility index (Phi) is 3.65. The Morgan fingerprint density at radius 3 is 2.71 bits per heavy atom. The second-order valence-electron chi connectivity index (χ2n) is 3.89. The summed E-state index contributed by atoms with van der Waals surface area (Å²) in [6.07, 6.45) is 6.11. The molecule has 2 heterocycles. The first kappa shape index (κ1) is 11.5. The summed E-state index contributed by atoms with van der Waals surface area (Å²) in [5, 5.41) is 3.35. The lowest BCUT2D eigenvalue weighted by molar-refractivity contribution is 0.863. The van der Waals surface area contributed by atoms with E-state index in [4.69, 9.17) is 0 Å². The van der Waals surface area contributed by atoms with Crippen LogP contribution in [-0.4, -0.2) is 15.0 Å². The molecule has 0 amide bonds. The maximum Gasteiger partial charge on any atom is 0.130 e. The van der Waals surface area contributed by atoms with Crippen molar-refractivity contribution in [3.8, 4) is 0 Å². The number of nitrogens with one attached hydrogen (secondary N) is 1. The van der Waals surface area contributed by atoms with E-state index in [-0.39, 0.29) is 6.04 Å². The lowest BCUT2D eigenvalue weighted by atomic mass is 10.1. The van der Waals surface area contributed by atoms with Crippen LogP contribution in [0.15, 0.2) is 36.9 Å². The van der Waals surface area contributed by atoms with E-state index < -0.39 is 0 Å². The standard InChI is InChI=1S/C13H16N4/c1-3-12-8-13(16-9-15-12)17-10(2)11-4-6-14-7-5-11/h4-10H,3H2,1-2H3,(H,15,16,17). The van der Waals surface area contributed by atoms with E-state index in [1.54, 1.807) is 18.7 Å². The zero-order valence-corrected chi connectivity index (χ0v) is 10.1. The molecule has 4 nitrogen and oxygen atoms in total. The van der Waals surface area contributed by atoms with Gasteiger partial charge in [0, 0.05) is 24.2 Å². The monoisotopic (exact) mass is 228 g/mol. The van der Waals surface area contributed by atoms with Crippen LogP contribution in [0.25, 0.3) is 0 Å². The number of nitrogens with zero attached hydrogens (tertiary/aromatic N) is 3. The number of pyridine rings is 1.